The molecular weight excluding hydrogens is 355 g/mol. The number of hydrogen-bond donors (Lipinski definition) is 1. The van der Waals surface area contributed by atoms with Gasteiger partial charge in [0, 0.05) is 6.54 Å². The first-order valence-corrected chi connectivity index (χ1v) is 10.1. The molecule has 0 radical (unpaired) electrons. The summed E-state index contributed by atoms with van der Waals surface area (Å²) in [5.74, 6) is -0.762. The molecule has 0 saturated heterocycles. The van der Waals surface area contributed by atoms with Crippen molar-refractivity contribution in [1.29, 1.82) is 0 Å². The van der Waals surface area contributed by atoms with Crippen LogP contribution in [0.2, 0.25) is 0 Å². The average Bonchev–Trinajstić information content (AvgIpc) is 2.54. The first-order valence-electron chi connectivity index (χ1n) is 8.23. The van der Waals surface area contributed by atoms with E-state index in [0.717, 1.165) is 21.7 Å². The number of sulfonamides is 1. The summed E-state index contributed by atoms with van der Waals surface area (Å²) in [5, 5.41) is 2.65. The molecule has 0 spiro atoms. The predicted molar refractivity (Wildman–Crippen MR) is 101 cm³/mol. The van der Waals surface area contributed by atoms with Crippen molar-refractivity contribution in [3.63, 3.8) is 0 Å². The third kappa shape index (κ3) is 5.29. The zero-order valence-electron chi connectivity index (χ0n) is 15.1. The molecule has 0 unspecified atom stereocenters. The highest BCUT2D eigenvalue weighted by Gasteiger charge is 2.22. The molecule has 0 aliphatic carbocycles. The van der Waals surface area contributed by atoms with Crippen molar-refractivity contribution >= 4 is 21.6 Å². The van der Waals surface area contributed by atoms with Crippen LogP contribution in [-0.4, -0.2) is 33.7 Å². The molecule has 0 saturated carbocycles. The Morgan fingerprint density at radius 1 is 1.15 bits per heavy atom. The number of halogens is 1. The zero-order chi connectivity index (χ0) is 19.3. The van der Waals surface area contributed by atoms with Gasteiger partial charge in [0.15, 0.2) is 0 Å². The molecule has 0 aliphatic heterocycles. The summed E-state index contributed by atoms with van der Waals surface area (Å²) >= 11 is 0. The number of aryl methyl sites for hydroxylation is 2. The van der Waals surface area contributed by atoms with Crippen molar-refractivity contribution in [1.82, 2.24) is 5.32 Å². The van der Waals surface area contributed by atoms with Crippen LogP contribution in [0.3, 0.4) is 0 Å². The molecule has 1 N–H and O–H groups in total. The van der Waals surface area contributed by atoms with Crippen LogP contribution in [0.4, 0.5) is 10.1 Å². The monoisotopic (exact) mass is 378 g/mol. The van der Waals surface area contributed by atoms with Crippen molar-refractivity contribution in [3.05, 3.63) is 65.0 Å². The Morgan fingerprint density at radius 3 is 2.46 bits per heavy atom. The molecule has 0 aromatic heterocycles. The zero-order valence-corrected chi connectivity index (χ0v) is 15.9. The molecule has 1 amide bonds. The maximum atomic E-state index is 13.6. The number of carbonyl (C=O) groups is 1. The molecule has 0 atom stereocenters. The van der Waals surface area contributed by atoms with Gasteiger partial charge in [-0.05, 0) is 43.5 Å². The smallest absolute Gasteiger partial charge is 0.240 e. The van der Waals surface area contributed by atoms with Crippen molar-refractivity contribution in [2.45, 2.75) is 20.3 Å². The van der Waals surface area contributed by atoms with Gasteiger partial charge in [-0.1, -0.05) is 35.9 Å². The predicted octanol–water partition coefficient (Wildman–Crippen LogP) is 2.57. The molecular formula is C19H23FN2O3S. The summed E-state index contributed by atoms with van der Waals surface area (Å²) < 4.78 is 38.9. The van der Waals surface area contributed by atoms with Crippen LogP contribution in [0.1, 0.15) is 16.7 Å². The van der Waals surface area contributed by atoms with Crippen molar-refractivity contribution in [3.8, 4) is 0 Å². The number of nitrogens with zero attached hydrogens (tertiary/aromatic N) is 1. The van der Waals surface area contributed by atoms with Gasteiger partial charge in [0.2, 0.25) is 15.9 Å². The molecule has 0 heterocycles. The van der Waals surface area contributed by atoms with E-state index in [-0.39, 0.29) is 18.9 Å². The van der Waals surface area contributed by atoms with Crippen LogP contribution in [0, 0.1) is 19.7 Å². The summed E-state index contributed by atoms with van der Waals surface area (Å²) in [6, 6.07) is 11.7. The lowest BCUT2D eigenvalue weighted by molar-refractivity contribution is -0.119. The summed E-state index contributed by atoms with van der Waals surface area (Å²) in [4.78, 5) is 12.2. The minimum Gasteiger partial charge on any atom is -0.354 e. The van der Waals surface area contributed by atoms with Crippen molar-refractivity contribution in [2.24, 2.45) is 0 Å². The van der Waals surface area contributed by atoms with E-state index in [1.807, 2.05) is 13.0 Å². The third-order valence-corrected chi connectivity index (χ3v) is 5.11. The lowest BCUT2D eigenvalue weighted by Crippen LogP contribution is -2.41. The summed E-state index contributed by atoms with van der Waals surface area (Å²) in [5.41, 5.74) is 2.76. The van der Waals surface area contributed by atoms with E-state index in [9.17, 15) is 17.6 Å². The SMILES string of the molecule is Cc1ccc(N(CC(=O)NCCc2ccccc2F)S(C)(=O)=O)c(C)c1. The maximum Gasteiger partial charge on any atom is 0.240 e. The van der Waals surface area contributed by atoms with Crippen LogP contribution >= 0.6 is 0 Å². The van der Waals surface area contributed by atoms with Crippen LogP contribution in [-0.2, 0) is 21.2 Å². The van der Waals surface area contributed by atoms with Gasteiger partial charge in [-0.2, -0.15) is 0 Å². The Bertz CT molecular complexity index is 897. The van der Waals surface area contributed by atoms with Crippen LogP contribution < -0.4 is 9.62 Å². The van der Waals surface area contributed by atoms with E-state index >= 15 is 0 Å². The lowest BCUT2D eigenvalue weighted by atomic mass is 10.1. The number of rotatable bonds is 7. The molecule has 7 heteroatoms. The summed E-state index contributed by atoms with van der Waals surface area (Å²) in [6.07, 6.45) is 1.40. The summed E-state index contributed by atoms with van der Waals surface area (Å²) in [6.45, 7) is 3.62. The number of anilines is 1. The Morgan fingerprint density at radius 2 is 1.85 bits per heavy atom. The van der Waals surface area contributed by atoms with E-state index in [0.29, 0.717) is 17.7 Å². The largest absolute Gasteiger partial charge is 0.354 e. The lowest BCUT2D eigenvalue weighted by Gasteiger charge is -2.24. The van der Waals surface area contributed by atoms with Gasteiger partial charge >= 0.3 is 0 Å². The number of nitrogens with one attached hydrogen (secondary N) is 1. The Balaban J connectivity index is 2.04. The molecule has 2 aromatic rings. The minimum atomic E-state index is -3.62. The van der Waals surface area contributed by atoms with E-state index in [1.54, 1.807) is 37.3 Å². The Hall–Kier alpha value is -2.41. The second-order valence-electron chi connectivity index (χ2n) is 6.25. The van der Waals surface area contributed by atoms with E-state index in [2.05, 4.69) is 5.32 Å². The fourth-order valence-electron chi connectivity index (χ4n) is 2.69. The molecule has 0 bridgehead atoms. The number of carbonyl (C=O) groups excluding carboxylic acids is 1. The quantitative estimate of drug-likeness (QED) is 0.805. The number of amides is 1. The molecule has 2 rings (SSSR count). The van der Waals surface area contributed by atoms with Crippen LogP contribution in [0.5, 0.6) is 0 Å². The van der Waals surface area contributed by atoms with Gasteiger partial charge in [-0.3, -0.25) is 9.10 Å². The third-order valence-electron chi connectivity index (χ3n) is 3.98. The topological polar surface area (TPSA) is 66.5 Å². The first-order chi connectivity index (χ1) is 12.2. The Labute approximate surface area is 153 Å². The molecule has 5 nitrogen and oxygen atoms in total. The second-order valence-corrected chi connectivity index (χ2v) is 8.16. The van der Waals surface area contributed by atoms with E-state index < -0.39 is 15.9 Å². The van der Waals surface area contributed by atoms with Crippen LogP contribution in [0.15, 0.2) is 42.5 Å². The highest BCUT2D eigenvalue weighted by Crippen LogP contribution is 2.23. The Kier molecular flexibility index (Phi) is 6.37. The molecule has 0 aliphatic rings. The second kappa shape index (κ2) is 8.31. The van der Waals surface area contributed by atoms with Crippen molar-refractivity contribution < 1.29 is 17.6 Å². The number of hydrogen-bond acceptors (Lipinski definition) is 3. The van der Waals surface area contributed by atoms with Crippen LogP contribution in [0.25, 0.3) is 0 Å². The maximum absolute atomic E-state index is 13.6. The van der Waals surface area contributed by atoms with Gasteiger partial charge < -0.3 is 5.32 Å². The first kappa shape index (κ1) is 19.9. The number of benzene rings is 2. The standard InChI is InChI=1S/C19H23FN2O3S/c1-14-8-9-18(15(2)12-14)22(26(3,24)25)13-19(23)21-11-10-16-6-4-5-7-17(16)20/h4-9,12H,10-11,13H2,1-3H3,(H,21,23). The molecule has 0 fully saturated rings. The molecule has 2 aromatic carbocycles. The average molecular weight is 378 g/mol. The van der Waals surface area contributed by atoms with Gasteiger partial charge in [0.1, 0.15) is 12.4 Å². The van der Waals surface area contributed by atoms with E-state index in [1.165, 1.54) is 6.07 Å². The molecule has 26 heavy (non-hydrogen) atoms. The summed E-state index contributed by atoms with van der Waals surface area (Å²) in [7, 11) is -3.62. The van der Waals surface area contributed by atoms with E-state index in [4.69, 9.17) is 0 Å². The minimum absolute atomic E-state index is 0.226. The normalized spacial score (nSPS) is 11.2. The van der Waals surface area contributed by atoms with Crippen molar-refractivity contribution in [2.75, 3.05) is 23.7 Å². The van der Waals surface area contributed by atoms with Gasteiger partial charge in [-0.15, -0.1) is 0 Å². The highest BCUT2D eigenvalue weighted by molar-refractivity contribution is 7.92. The fourth-order valence-corrected chi connectivity index (χ4v) is 3.60. The van der Waals surface area contributed by atoms with Gasteiger partial charge in [0.05, 0.1) is 11.9 Å². The molecule has 140 valence electrons. The van der Waals surface area contributed by atoms with Gasteiger partial charge in [-0.25, -0.2) is 12.8 Å². The fraction of sp³-hybridized carbons (Fsp3) is 0.316. The highest BCUT2D eigenvalue weighted by atomic mass is 32.2. The van der Waals surface area contributed by atoms with Gasteiger partial charge in [0.25, 0.3) is 0 Å².